The fraction of sp³-hybridized carbons (Fsp3) is 0.250. The number of halogens is 2. The van der Waals surface area contributed by atoms with Crippen molar-refractivity contribution >= 4 is 0 Å². The van der Waals surface area contributed by atoms with Gasteiger partial charge in [0.1, 0.15) is 0 Å². The number of hydrogen-bond donors (Lipinski definition) is 1. The molecule has 0 bridgehead atoms. The van der Waals surface area contributed by atoms with Crippen LogP contribution in [0.15, 0.2) is 18.2 Å². The quantitative estimate of drug-likeness (QED) is 0.825. The summed E-state index contributed by atoms with van der Waals surface area (Å²) < 4.78 is 31.4. The van der Waals surface area contributed by atoms with E-state index in [2.05, 4.69) is 10.2 Å². The Labute approximate surface area is 96.4 Å². The molecule has 3 nitrogen and oxygen atoms in total. The lowest BCUT2D eigenvalue weighted by Gasteiger charge is -2.12. The van der Waals surface area contributed by atoms with Crippen molar-refractivity contribution in [1.29, 1.82) is 0 Å². The fourth-order valence-corrected chi connectivity index (χ4v) is 1.99. The van der Waals surface area contributed by atoms with E-state index in [1.165, 1.54) is 6.07 Å². The first kappa shape index (κ1) is 10.4. The lowest BCUT2D eigenvalue weighted by molar-refractivity contribution is 0.110. The van der Waals surface area contributed by atoms with Crippen molar-refractivity contribution < 1.29 is 13.5 Å². The highest BCUT2D eigenvalue weighted by atomic mass is 19.2. The smallest absolute Gasteiger partial charge is 0.159 e. The second-order valence-corrected chi connectivity index (χ2v) is 3.96. The van der Waals surface area contributed by atoms with Crippen LogP contribution in [0.5, 0.6) is 0 Å². The normalized spacial score (nSPS) is 14.7. The van der Waals surface area contributed by atoms with Crippen LogP contribution in [0.2, 0.25) is 0 Å². The van der Waals surface area contributed by atoms with E-state index >= 15 is 0 Å². The Morgan fingerprint density at radius 1 is 1.24 bits per heavy atom. The summed E-state index contributed by atoms with van der Waals surface area (Å²) in [4.78, 5) is 0. The number of hydrogen-bond acceptors (Lipinski definition) is 2. The Morgan fingerprint density at radius 3 is 2.94 bits per heavy atom. The van der Waals surface area contributed by atoms with Crippen molar-refractivity contribution in [1.82, 2.24) is 10.2 Å². The predicted molar refractivity (Wildman–Crippen MR) is 57.3 cm³/mol. The maximum absolute atomic E-state index is 13.2. The molecule has 1 N–H and O–H groups in total. The third-order valence-corrected chi connectivity index (χ3v) is 2.89. The second-order valence-electron chi connectivity index (χ2n) is 3.96. The number of fused-ring (bicyclic) bond motifs is 1. The first-order valence-corrected chi connectivity index (χ1v) is 5.35. The van der Waals surface area contributed by atoms with E-state index in [0.29, 0.717) is 24.5 Å². The molecule has 0 saturated heterocycles. The zero-order valence-electron chi connectivity index (χ0n) is 8.96. The molecule has 5 heteroatoms. The Morgan fingerprint density at radius 2 is 2.12 bits per heavy atom. The molecule has 0 aliphatic carbocycles. The van der Waals surface area contributed by atoms with Gasteiger partial charge in [-0.3, -0.25) is 5.10 Å². The lowest BCUT2D eigenvalue weighted by atomic mass is 10.0. The molecule has 0 atom stereocenters. The average Bonchev–Trinajstić information content (AvgIpc) is 2.76. The molecule has 2 aromatic rings. The van der Waals surface area contributed by atoms with E-state index in [1.807, 2.05) is 0 Å². The first-order valence-electron chi connectivity index (χ1n) is 5.35. The summed E-state index contributed by atoms with van der Waals surface area (Å²) in [5, 5.41) is 7.06. The standard InChI is InChI=1S/C12H10F2N2O/c13-9-2-1-7(5-10(9)14)12-8-6-17-4-3-11(8)15-16-12/h1-2,5H,3-4,6H2,(H,15,16). The molecule has 3 rings (SSSR count). The van der Waals surface area contributed by atoms with Crippen molar-refractivity contribution in [3.05, 3.63) is 41.1 Å². The number of rotatable bonds is 1. The highest BCUT2D eigenvalue weighted by Crippen LogP contribution is 2.28. The summed E-state index contributed by atoms with van der Waals surface area (Å²) in [5.74, 6) is -1.72. The lowest BCUT2D eigenvalue weighted by Crippen LogP contribution is -2.08. The molecule has 0 spiro atoms. The number of aromatic amines is 1. The molecule has 1 aliphatic rings. The van der Waals surface area contributed by atoms with Crippen molar-refractivity contribution in [3.8, 4) is 11.3 Å². The zero-order valence-corrected chi connectivity index (χ0v) is 8.96. The van der Waals surface area contributed by atoms with Gasteiger partial charge in [0.2, 0.25) is 0 Å². The average molecular weight is 236 g/mol. The van der Waals surface area contributed by atoms with Gasteiger partial charge in [-0.1, -0.05) is 0 Å². The summed E-state index contributed by atoms with van der Waals surface area (Å²) in [6.07, 6.45) is 0.770. The molecule has 17 heavy (non-hydrogen) atoms. The Balaban J connectivity index is 2.09. The van der Waals surface area contributed by atoms with Crippen LogP contribution in [0, 0.1) is 11.6 Å². The molecular weight excluding hydrogens is 226 g/mol. The molecule has 1 aliphatic heterocycles. The molecular formula is C12H10F2N2O. The maximum atomic E-state index is 13.2. The van der Waals surface area contributed by atoms with Crippen LogP contribution in [-0.4, -0.2) is 16.8 Å². The Kier molecular flexibility index (Phi) is 2.40. The largest absolute Gasteiger partial charge is 0.376 e. The van der Waals surface area contributed by atoms with Gasteiger partial charge in [0.05, 0.1) is 18.9 Å². The second kappa shape index (κ2) is 3.92. The highest BCUT2D eigenvalue weighted by molar-refractivity contribution is 5.64. The van der Waals surface area contributed by atoms with Crippen LogP contribution in [0.3, 0.4) is 0 Å². The van der Waals surface area contributed by atoms with Crippen molar-refractivity contribution in [2.24, 2.45) is 0 Å². The van der Waals surface area contributed by atoms with Gasteiger partial charge in [-0.15, -0.1) is 0 Å². The minimum atomic E-state index is -0.865. The first-order chi connectivity index (χ1) is 8.25. The molecule has 0 fully saturated rings. The third kappa shape index (κ3) is 1.72. The summed E-state index contributed by atoms with van der Waals surface area (Å²) in [5.41, 5.74) is 3.14. The van der Waals surface area contributed by atoms with Crippen LogP contribution in [0.25, 0.3) is 11.3 Å². The van der Waals surface area contributed by atoms with Gasteiger partial charge >= 0.3 is 0 Å². The SMILES string of the molecule is Fc1ccc(-c2n[nH]c3c2COCC3)cc1F. The minimum Gasteiger partial charge on any atom is -0.376 e. The fourth-order valence-electron chi connectivity index (χ4n) is 1.99. The van der Waals surface area contributed by atoms with Gasteiger partial charge in [0, 0.05) is 23.2 Å². The summed E-state index contributed by atoms with van der Waals surface area (Å²) >= 11 is 0. The highest BCUT2D eigenvalue weighted by Gasteiger charge is 2.19. The summed E-state index contributed by atoms with van der Waals surface area (Å²) in [6.45, 7) is 1.12. The van der Waals surface area contributed by atoms with E-state index in [1.54, 1.807) is 0 Å². The van der Waals surface area contributed by atoms with Crippen molar-refractivity contribution in [3.63, 3.8) is 0 Å². The van der Waals surface area contributed by atoms with Crippen LogP contribution >= 0.6 is 0 Å². The van der Waals surface area contributed by atoms with E-state index < -0.39 is 11.6 Å². The number of nitrogens with one attached hydrogen (secondary N) is 1. The Hall–Kier alpha value is -1.75. The zero-order chi connectivity index (χ0) is 11.8. The van der Waals surface area contributed by atoms with E-state index in [-0.39, 0.29) is 0 Å². The van der Waals surface area contributed by atoms with Gasteiger partial charge < -0.3 is 4.74 Å². The Bertz CT molecular complexity index is 566. The van der Waals surface area contributed by atoms with Crippen LogP contribution in [0.4, 0.5) is 8.78 Å². The molecule has 0 unspecified atom stereocenters. The van der Waals surface area contributed by atoms with E-state index in [9.17, 15) is 8.78 Å². The minimum absolute atomic E-state index is 0.458. The van der Waals surface area contributed by atoms with Crippen LogP contribution in [-0.2, 0) is 17.8 Å². The third-order valence-electron chi connectivity index (χ3n) is 2.89. The molecule has 1 aromatic carbocycles. The predicted octanol–water partition coefficient (Wildman–Crippen LogP) is 2.43. The summed E-state index contributed by atoms with van der Waals surface area (Å²) in [7, 11) is 0. The maximum Gasteiger partial charge on any atom is 0.159 e. The molecule has 0 saturated carbocycles. The topological polar surface area (TPSA) is 37.9 Å². The van der Waals surface area contributed by atoms with Gasteiger partial charge in [-0.25, -0.2) is 8.78 Å². The van der Waals surface area contributed by atoms with Gasteiger partial charge in [-0.2, -0.15) is 5.10 Å². The van der Waals surface area contributed by atoms with Crippen molar-refractivity contribution in [2.45, 2.75) is 13.0 Å². The van der Waals surface area contributed by atoms with Gasteiger partial charge in [0.15, 0.2) is 11.6 Å². The molecule has 0 radical (unpaired) electrons. The molecule has 0 amide bonds. The summed E-state index contributed by atoms with van der Waals surface area (Å²) in [6, 6.07) is 3.78. The molecule has 2 heterocycles. The number of benzene rings is 1. The van der Waals surface area contributed by atoms with E-state index in [0.717, 1.165) is 29.8 Å². The number of H-pyrrole nitrogens is 1. The monoisotopic (exact) mass is 236 g/mol. The van der Waals surface area contributed by atoms with Gasteiger partial charge in [-0.05, 0) is 18.2 Å². The van der Waals surface area contributed by atoms with E-state index in [4.69, 9.17) is 4.74 Å². The molecule has 88 valence electrons. The number of aromatic nitrogens is 2. The van der Waals surface area contributed by atoms with Crippen LogP contribution in [0.1, 0.15) is 11.3 Å². The van der Waals surface area contributed by atoms with Crippen LogP contribution < -0.4 is 0 Å². The van der Waals surface area contributed by atoms with Crippen molar-refractivity contribution in [2.75, 3.05) is 6.61 Å². The number of nitrogens with zero attached hydrogens (tertiary/aromatic N) is 1. The molecule has 1 aromatic heterocycles. The van der Waals surface area contributed by atoms with Gasteiger partial charge in [0.25, 0.3) is 0 Å². The number of ether oxygens (including phenoxy) is 1.